The molecule has 1 heterocycles. The minimum Gasteiger partial charge on any atom is -0.309 e. The zero-order valence-corrected chi connectivity index (χ0v) is 11.5. The van der Waals surface area contributed by atoms with Crippen molar-refractivity contribution in [3.05, 3.63) is 17.0 Å². The van der Waals surface area contributed by atoms with Crippen molar-refractivity contribution < 1.29 is 4.79 Å². The number of nitrogens with one attached hydrogen (secondary N) is 1. The Morgan fingerprint density at radius 3 is 2.65 bits per heavy atom. The van der Waals surface area contributed by atoms with Gasteiger partial charge in [0, 0.05) is 5.41 Å². The third-order valence-corrected chi connectivity index (χ3v) is 3.99. The monoisotopic (exact) mass is 297 g/mol. The van der Waals surface area contributed by atoms with E-state index >= 15 is 0 Å². The summed E-state index contributed by atoms with van der Waals surface area (Å²) in [5.74, 6) is 0.618. The summed E-state index contributed by atoms with van der Waals surface area (Å²) >= 11 is 3.22. The summed E-state index contributed by atoms with van der Waals surface area (Å²) in [7, 11) is 0. The molecule has 0 bridgehead atoms. The van der Waals surface area contributed by atoms with Gasteiger partial charge in [0.1, 0.15) is 4.60 Å². The van der Waals surface area contributed by atoms with Crippen LogP contribution in [0.5, 0.6) is 0 Å². The van der Waals surface area contributed by atoms with Crippen LogP contribution < -0.4 is 5.32 Å². The van der Waals surface area contributed by atoms with Crippen molar-refractivity contribution in [2.75, 3.05) is 5.32 Å². The van der Waals surface area contributed by atoms with E-state index in [0.29, 0.717) is 10.4 Å². The van der Waals surface area contributed by atoms with Gasteiger partial charge in [-0.15, -0.1) is 0 Å². The fourth-order valence-electron chi connectivity index (χ4n) is 2.42. The molecule has 0 radical (unpaired) electrons. The number of anilines is 1. The van der Waals surface area contributed by atoms with Crippen molar-refractivity contribution in [2.45, 2.75) is 39.0 Å². The molecule has 17 heavy (non-hydrogen) atoms. The number of hydrogen-bond acceptors (Lipinski definition) is 3. The molecule has 4 nitrogen and oxygen atoms in total. The summed E-state index contributed by atoms with van der Waals surface area (Å²) in [4.78, 5) is 20.4. The molecule has 2 rings (SSSR count). The van der Waals surface area contributed by atoms with E-state index in [1.807, 2.05) is 0 Å². The molecule has 1 aliphatic rings. The van der Waals surface area contributed by atoms with E-state index in [9.17, 15) is 4.79 Å². The Balaban J connectivity index is 2.08. The summed E-state index contributed by atoms with van der Waals surface area (Å²) < 4.78 is 0.668. The maximum atomic E-state index is 12.3. The van der Waals surface area contributed by atoms with Gasteiger partial charge in [-0.25, -0.2) is 9.97 Å². The average Bonchev–Trinajstić information content (AvgIpc) is 2.82. The van der Waals surface area contributed by atoms with Gasteiger partial charge in [-0.1, -0.05) is 19.8 Å². The van der Waals surface area contributed by atoms with Crippen molar-refractivity contribution in [2.24, 2.45) is 5.41 Å². The summed E-state index contributed by atoms with van der Waals surface area (Å²) in [5.41, 5.74) is -0.186. The summed E-state index contributed by atoms with van der Waals surface area (Å²) in [6.07, 6.45) is 8.31. The zero-order chi connectivity index (χ0) is 12.3. The lowest BCUT2D eigenvalue weighted by molar-refractivity contribution is -0.125. The van der Waals surface area contributed by atoms with Gasteiger partial charge in [-0.2, -0.15) is 0 Å². The quantitative estimate of drug-likeness (QED) is 0.932. The first kappa shape index (κ1) is 12.5. The Bertz CT molecular complexity index is 399. The van der Waals surface area contributed by atoms with Crippen molar-refractivity contribution >= 4 is 27.7 Å². The molecular formula is C12H16BrN3O. The Morgan fingerprint density at radius 1 is 1.41 bits per heavy atom. The van der Waals surface area contributed by atoms with Crippen molar-refractivity contribution in [1.29, 1.82) is 0 Å². The number of carbonyl (C=O) groups excluding carboxylic acids is 1. The second kappa shape index (κ2) is 5.12. The van der Waals surface area contributed by atoms with Crippen LogP contribution in [0.3, 0.4) is 0 Å². The second-order valence-corrected chi connectivity index (χ2v) is 5.33. The summed E-state index contributed by atoms with van der Waals surface area (Å²) in [6, 6.07) is 0. The van der Waals surface area contributed by atoms with Crippen LogP contribution >= 0.6 is 15.9 Å². The topological polar surface area (TPSA) is 54.9 Å². The highest BCUT2D eigenvalue weighted by molar-refractivity contribution is 9.10. The van der Waals surface area contributed by atoms with E-state index < -0.39 is 0 Å². The number of nitrogens with zero attached hydrogens (tertiary/aromatic N) is 2. The summed E-state index contributed by atoms with van der Waals surface area (Å²) in [5, 5.41) is 2.87. The second-order valence-electron chi connectivity index (χ2n) is 4.52. The number of amides is 1. The van der Waals surface area contributed by atoms with Gasteiger partial charge in [0.25, 0.3) is 0 Å². The van der Waals surface area contributed by atoms with Gasteiger partial charge < -0.3 is 5.32 Å². The van der Waals surface area contributed by atoms with E-state index in [1.54, 1.807) is 12.4 Å². The maximum Gasteiger partial charge on any atom is 0.231 e. The number of carbonyl (C=O) groups is 1. The standard InChI is InChI=1S/C12H16BrN3O/c1-2-12(5-3-4-6-12)11(17)16-10-8-14-9(13)7-15-10/h7-8H,2-6H2,1H3,(H,15,16,17). The van der Waals surface area contributed by atoms with E-state index in [4.69, 9.17) is 0 Å². The minimum absolute atomic E-state index is 0.0918. The highest BCUT2D eigenvalue weighted by Gasteiger charge is 2.39. The molecule has 1 aromatic rings. The summed E-state index contributed by atoms with van der Waals surface area (Å²) in [6.45, 7) is 2.08. The Labute approximate surface area is 109 Å². The van der Waals surface area contributed by atoms with Crippen LogP contribution in [-0.2, 0) is 4.79 Å². The van der Waals surface area contributed by atoms with E-state index in [2.05, 4.69) is 38.1 Å². The van der Waals surface area contributed by atoms with Gasteiger partial charge in [0.2, 0.25) is 5.91 Å². The SMILES string of the molecule is CCC1(C(=O)Nc2cnc(Br)cn2)CCCC1. The van der Waals surface area contributed by atoms with Crippen LogP contribution in [-0.4, -0.2) is 15.9 Å². The maximum absolute atomic E-state index is 12.3. The third-order valence-electron chi connectivity index (χ3n) is 3.58. The smallest absolute Gasteiger partial charge is 0.231 e. The Morgan fingerprint density at radius 2 is 2.12 bits per heavy atom. The Kier molecular flexibility index (Phi) is 3.76. The first-order valence-corrected chi connectivity index (χ1v) is 6.74. The average molecular weight is 298 g/mol. The van der Waals surface area contributed by atoms with E-state index in [0.717, 1.165) is 32.1 Å². The fourth-order valence-corrected chi connectivity index (χ4v) is 2.62. The molecule has 1 amide bonds. The molecule has 0 aromatic carbocycles. The van der Waals surface area contributed by atoms with Crippen LogP contribution in [0.15, 0.2) is 17.0 Å². The lowest BCUT2D eigenvalue weighted by atomic mass is 9.82. The fraction of sp³-hybridized carbons (Fsp3) is 0.583. The van der Waals surface area contributed by atoms with E-state index in [-0.39, 0.29) is 11.3 Å². The number of hydrogen-bond donors (Lipinski definition) is 1. The highest BCUT2D eigenvalue weighted by atomic mass is 79.9. The van der Waals surface area contributed by atoms with Crippen molar-refractivity contribution in [3.63, 3.8) is 0 Å². The number of aromatic nitrogens is 2. The molecule has 0 spiro atoms. The molecule has 1 aliphatic carbocycles. The zero-order valence-electron chi connectivity index (χ0n) is 9.87. The first-order valence-electron chi connectivity index (χ1n) is 5.95. The lowest BCUT2D eigenvalue weighted by Gasteiger charge is -2.25. The molecule has 1 aromatic heterocycles. The van der Waals surface area contributed by atoms with Gasteiger partial charge in [0.15, 0.2) is 5.82 Å². The van der Waals surface area contributed by atoms with Gasteiger partial charge in [0.05, 0.1) is 12.4 Å². The number of rotatable bonds is 3. The molecule has 0 aliphatic heterocycles. The van der Waals surface area contributed by atoms with Crippen LogP contribution in [0.4, 0.5) is 5.82 Å². The van der Waals surface area contributed by atoms with Gasteiger partial charge >= 0.3 is 0 Å². The Hall–Kier alpha value is -0.970. The molecule has 1 saturated carbocycles. The van der Waals surface area contributed by atoms with Crippen molar-refractivity contribution in [3.8, 4) is 0 Å². The number of halogens is 1. The van der Waals surface area contributed by atoms with Gasteiger partial charge in [-0.05, 0) is 35.2 Å². The third kappa shape index (κ3) is 2.65. The molecule has 5 heteroatoms. The van der Waals surface area contributed by atoms with E-state index in [1.165, 1.54) is 0 Å². The molecule has 0 saturated heterocycles. The van der Waals surface area contributed by atoms with Gasteiger partial charge in [-0.3, -0.25) is 4.79 Å². The minimum atomic E-state index is -0.186. The highest BCUT2D eigenvalue weighted by Crippen LogP contribution is 2.41. The normalized spacial score (nSPS) is 18.0. The lowest BCUT2D eigenvalue weighted by Crippen LogP contribution is -2.33. The molecule has 1 fully saturated rings. The molecular weight excluding hydrogens is 282 g/mol. The molecule has 92 valence electrons. The predicted molar refractivity (Wildman–Crippen MR) is 69.6 cm³/mol. The van der Waals surface area contributed by atoms with Crippen LogP contribution in [0, 0.1) is 5.41 Å². The van der Waals surface area contributed by atoms with Crippen molar-refractivity contribution in [1.82, 2.24) is 9.97 Å². The largest absolute Gasteiger partial charge is 0.309 e. The molecule has 0 atom stereocenters. The van der Waals surface area contributed by atoms with Crippen LogP contribution in [0.1, 0.15) is 39.0 Å². The molecule has 1 N–H and O–H groups in total. The van der Waals surface area contributed by atoms with Crippen LogP contribution in [0.2, 0.25) is 0 Å². The molecule has 0 unspecified atom stereocenters. The van der Waals surface area contributed by atoms with Crippen LogP contribution in [0.25, 0.3) is 0 Å². The first-order chi connectivity index (χ1) is 8.16. The predicted octanol–water partition coefficient (Wildman–Crippen LogP) is 3.15.